The first kappa shape index (κ1) is 15.1. The van der Waals surface area contributed by atoms with Crippen molar-refractivity contribution in [3.05, 3.63) is 54.1 Å². The van der Waals surface area contributed by atoms with E-state index in [1.54, 1.807) is 0 Å². The van der Waals surface area contributed by atoms with Gasteiger partial charge in [0.2, 0.25) is 0 Å². The summed E-state index contributed by atoms with van der Waals surface area (Å²) in [6.45, 7) is 2.98. The third kappa shape index (κ3) is 4.11. The number of aryl methyl sites for hydroxylation is 1. The summed E-state index contributed by atoms with van der Waals surface area (Å²) in [7, 11) is 0. The number of hydrogen-bond acceptors (Lipinski definition) is 1. The highest BCUT2D eigenvalue weighted by molar-refractivity contribution is 9.09. The fourth-order valence-electron chi connectivity index (χ4n) is 2.23. The summed E-state index contributed by atoms with van der Waals surface area (Å²) in [4.78, 5) is 0. The average Bonchev–Trinajstić information content (AvgIpc) is 2.50. The molecule has 0 amide bonds. The van der Waals surface area contributed by atoms with E-state index in [1.807, 2.05) is 6.07 Å². The van der Waals surface area contributed by atoms with Gasteiger partial charge in [-0.1, -0.05) is 65.7 Å². The van der Waals surface area contributed by atoms with Crippen LogP contribution in [0.3, 0.4) is 0 Å². The molecule has 2 rings (SSSR count). The SMILES string of the molecule is CCCc1cc(-c2ccccc2)ccc1OCCCBr. The molecular formula is C18H21BrO. The second-order valence-electron chi connectivity index (χ2n) is 4.83. The topological polar surface area (TPSA) is 9.23 Å². The van der Waals surface area contributed by atoms with Gasteiger partial charge >= 0.3 is 0 Å². The Labute approximate surface area is 130 Å². The average molecular weight is 333 g/mol. The van der Waals surface area contributed by atoms with Crippen molar-refractivity contribution in [2.24, 2.45) is 0 Å². The minimum Gasteiger partial charge on any atom is -0.493 e. The molecule has 0 saturated heterocycles. The summed E-state index contributed by atoms with van der Waals surface area (Å²) >= 11 is 3.43. The van der Waals surface area contributed by atoms with Crippen LogP contribution in [0.25, 0.3) is 11.1 Å². The smallest absolute Gasteiger partial charge is 0.122 e. The third-order valence-electron chi connectivity index (χ3n) is 3.22. The number of alkyl halides is 1. The van der Waals surface area contributed by atoms with Crippen molar-refractivity contribution in [1.29, 1.82) is 0 Å². The second kappa shape index (κ2) is 8.11. The van der Waals surface area contributed by atoms with E-state index >= 15 is 0 Å². The molecule has 0 saturated carbocycles. The minimum atomic E-state index is 0.770. The van der Waals surface area contributed by atoms with Gasteiger partial charge < -0.3 is 4.74 Å². The van der Waals surface area contributed by atoms with Gasteiger partial charge in [-0.25, -0.2) is 0 Å². The molecule has 0 bridgehead atoms. The maximum absolute atomic E-state index is 5.89. The van der Waals surface area contributed by atoms with Gasteiger partial charge in [0.25, 0.3) is 0 Å². The van der Waals surface area contributed by atoms with Crippen molar-refractivity contribution in [3.63, 3.8) is 0 Å². The quantitative estimate of drug-likeness (QED) is 0.482. The van der Waals surface area contributed by atoms with Crippen LogP contribution < -0.4 is 4.74 Å². The molecule has 0 unspecified atom stereocenters. The lowest BCUT2D eigenvalue weighted by Gasteiger charge is -2.13. The molecule has 0 radical (unpaired) electrons. The zero-order valence-electron chi connectivity index (χ0n) is 11.9. The zero-order chi connectivity index (χ0) is 14.2. The standard InChI is InChI=1S/C18H21BrO/c1-2-7-17-14-16(15-8-4-3-5-9-15)10-11-18(17)20-13-6-12-19/h3-5,8-11,14H,2,6-7,12-13H2,1H3. The number of halogens is 1. The van der Waals surface area contributed by atoms with Gasteiger partial charge in [0.1, 0.15) is 5.75 Å². The number of ether oxygens (including phenoxy) is 1. The van der Waals surface area contributed by atoms with E-state index in [4.69, 9.17) is 4.74 Å². The van der Waals surface area contributed by atoms with Gasteiger partial charge in [0.15, 0.2) is 0 Å². The Morgan fingerprint density at radius 1 is 1.00 bits per heavy atom. The fourth-order valence-corrected chi connectivity index (χ4v) is 2.46. The Bertz CT molecular complexity index is 522. The lowest BCUT2D eigenvalue weighted by Crippen LogP contribution is -2.01. The van der Waals surface area contributed by atoms with E-state index in [2.05, 4.69) is 65.3 Å². The molecule has 0 aliphatic heterocycles. The predicted octanol–water partition coefficient (Wildman–Crippen LogP) is 5.47. The van der Waals surface area contributed by atoms with Crippen LogP contribution in [0.5, 0.6) is 5.75 Å². The van der Waals surface area contributed by atoms with Crippen LogP contribution in [0.1, 0.15) is 25.3 Å². The maximum Gasteiger partial charge on any atom is 0.122 e. The monoisotopic (exact) mass is 332 g/mol. The summed E-state index contributed by atoms with van der Waals surface area (Å²) in [6, 6.07) is 17.0. The van der Waals surface area contributed by atoms with E-state index in [0.717, 1.165) is 36.9 Å². The normalized spacial score (nSPS) is 10.5. The Kier molecular flexibility index (Phi) is 6.13. The van der Waals surface area contributed by atoms with Crippen LogP contribution in [-0.2, 0) is 6.42 Å². The first-order chi connectivity index (χ1) is 9.85. The molecule has 0 N–H and O–H groups in total. The number of hydrogen-bond donors (Lipinski definition) is 0. The first-order valence-electron chi connectivity index (χ1n) is 7.22. The molecule has 1 nitrogen and oxygen atoms in total. The Morgan fingerprint density at radius 2 is 1.80 bits per heavy atom. The molecule has 2 aromatic carbocycles. The molecule has 0 heterocycles. The van der Waals surface area contributed by atoms with Gasteiger partial charge in [-0.3, -0.25) is 0 Å². The van der Waals surface area contributed by atoms with Gasteiger partial charge in [-0.15, -0.1) is 0 Å². The molecule has 2 aromatic rings. The van der Waals surface area contributed by atoms with Crippen LogP contribution in [-0.4, -0.2) is 11.9 Å². The van der Waals surface area contributed by atoms with E-state index < -0.39 is 0 Å². The maximum atomic E-state index is 5.89. The highest BCUT2D eigenvalue weighted by Crippen LogP contribution is 2.27. The van der Waals surface area contributed by atoms with Gasteiger partial charge in [0, 0.05) is 5.33 Å². The largest absolute Gasteiger partial charge is 0.493 e. The van der Waals surface area contributed by atoms with Crippen molar-refractivity contribution < 1.29 is 4.74 Å². The summed E-state index contributed by atoms with van der Waals surface area (Å²) in [5.74, 6) is 1.03. The van der Waals surface area contributed by atoms with Crippen LogP contribution in [0.15, 0.2) is 48.5 Å². The molecule has 0 atom stereocenters. The molecule has 20 heavy (non-hydrogen) atoms. The fraction of sp³-hybridized carbons (Fsp3) is 0.333. The molecule has 0 fully saturated rings. The van der Waals surface area contributed by atoms with Crippen LogP contribution in [0.2, 0.25) is 0 Å². The highest BCUT2D eigenvalue weighted by Gasteiger charge is 2.06. The summed E-state index contributed by atoms with van der Waals surface area (Å²) in [5.41, 5.74) is 3.84. The summed E-state index contributed by atoms with van der Waals surface area (Å²) in [5, 5.41) is 0.984. The number of rotatable bonds is 7. The van der Waals surface area contributed by atoms with Crippen molar-refractivity contribution in [2.45, 2.75) is 26.2 Å². The zero-order valence-corrected chi connectivity index (χ0v) is 13.5. The Hall–Kier alpha value is -1.28. The van der Waals surface area contributed by atoms with E-state index in [9.17, 15) is 0 Å². The van der Waals surface area contributed by atoms with Crippen molar-refractivity contribution >= 4 is 15.9 Å². The van der Waals surface area contributed by atoms with Gasteiger partial charge in [-0.05, 0) is 41.7 Å². The molecule has 106 valence electrons. The lowest BCUT2D eigenvalue weighted by molar-refractivity contribution is 0.315. The molecular weight excluding hydrogens is 312 g/mol. The van der Waals surface area contributed by atoms with E-state index in [-0.39, 0.29) is 0 Å². The second-order valence-corrected chi connectivity index (χ2v) is 5.62. The molecule has 0 aliphatic carbocycles. The van der Waals surface area contributed by atoms with Gasteiger partial charge in [-0.2, -0.15) is 0 Å². The predicted molar refractivity (Wildman–Crippen MR) is 89.8 cm³/mol. The first-order valence-corrected chi connectivity index (χ1v) is 8.34. The van der Waals surface area contributed by atoms with Crippen molar-refractivity contribution in [3.8, 4) is 16.9 Å². The highest BCUT2D eigenvalue weighted by atomic mass is 79.9. The Morgan fingerprint density at radius 3 is 2.50 bits per heavy atom. The van der Waals surface area contributed by atoms with Crippen LogP contribution in [0, 0.1) is 0 Å². The van der Waals surface area contributed by atoms with E-state index in [0.29, 0.717) is 0 Å². The number of benzene rings is 2. The summed E-state index contributed by atoms with van der Waals surface area (Å²) < 4.78 is 5.89. The van der Waals surface area contributed by atoms with Crippen LogP contribution in [0.4, 0.5) is 0 Å². The summed E-state index contributed by atoms with van der Waals surface area (Å²) in [6.07, 6.45) is 3.23. The molecule has 0 aliphatic rings. The van der Waals surface area contributed by atoms with Gasteiger partial charge in [0.05, 0.1) is 6.61 Å². The minimum absolute atomic E-state index is 0.770. The van der Waals surface area contributed by atoms with Crippen molar-refractivity contribution in [1.82, 2.24) is 0 Å². The Balaban J connectivity index is 2.23. The lowest BCUT2D eigenvalue weighted by atomic mass is 10.0. The molecule has 2 heteroatoms. The molecule has 0 spiro atoms. The van der Waals surface area contributed by atoms with Crippen molar-refractivity contribution in [2.75, 3.05) is 11.9 Å². The third-order valence-corrected chi connectivity index (χ3v) is 3.78. The molecule has 0 aromatic heterocycles. The van der Waals surface area contributed by atoms with E-state index in [1.165, 1.54) is 16.7 Å². The van der Waals surface area contributed by atoms with Crippen LogP contribution >= 0.6 is 15.9 Å².